The Kier molecular flexibility index (Phi) is 4.15. The van der Waals surface area contributed by atoms with E-state index in [9.17, 15) is 0 Å². The molecule has 0 aliphatic heterocycles. The van der Waals surface area contributed by atoms with Crippen molar-refractivity contribution in [3.8, 4) is 5.75 Å². The molecule has 2 rings (SSSR count). The van der Waals surface area contributed by atoms with E-state index < -0.39 is 0 Å². The van der Waals surface area contributed by atoms with Crippen LogP contribution in [-0.2, 0) is 0 Å². The van der Waals surface area contributed by atoms with Crippen LogP contribution in [0.25, 0.3) is 0 Å². The van der Waals surface area contributed by atoms with Gasteiger partial charge in [-0.1, -0.05) is 6.07 Å². The minimum Gasteiger partial charge on any atom is -0.496 e. The molecule has 1 heterocycles. The van der Waals surface area contributed by atoms with E-state index in [2.05, 4.69) is 57.3 Å². The number of rotatable bonds is 4. The van der Waals surface area contributed by atoms with E-state index >= 15 is 0 Å². The Morgan fingerprint density at radius 3 is 2.42 bits per heavy atom. The van der Waals surface area contributed by atoms with Crippen molar-refractivity contribution in [2.45, 2.75) is 33.7 Å². The molecule has 0 radical (unpaired) electrons. The summed E-state index contributed by atoms with van der Waals surface area (Å²) in [6.07, 6.45) is 0. The lowest BCUT2D eigenvalue weighted by Crippen LogP contribution is -2.07. The highest BCUT2D eigenvalue weighted by atomic mass is 32.1. The van der Waals surface area contributed by atoms with Crippen LogP contribution in [0.4, 0.5) is 5.69 Å². The quantitative estimate of drug-likeness (QED) is 0.860. The Labute approximate surface area is 119 Å². The minimum absolute atomic E-state index is 0.310. The van der Waals surface area contributed by atoms with Crippen molar-refractivity contribution < 1.29 is 4.74 Å². The third kappa shape index (κ3) is 2.92. The van der Waals surface area contributed by atoms with E-state index in [-0.39, 0.29) is 0 Å². The summed E-state index contributed by atoms with van der Waals surface area (Å²) in [6, 6.07) is 8.90. The SMILES string of the molecule is COc1c(C)ccc(NC(C)c2ccc(C)s2)c1C. The largest absolute Gasteiger partial charge is 0.496 e. The summed E-state index contributed by atoms with van der Waals surface area (Å²) in [7, 11) is 1.73. The summed E-state index contributed by atoms with van der Waals surface area (Å²) < 4.78 is 5.47. The van der Waals surface area contributed by atoms with E-state index in [1.165, 1.54) is 20.9 Å². The standard InChI is InChI=1S/C16H21NOS/c1-10-6-8-14(12(3)16(10)18-5)17-13(4)15-9-7-11(2)19-15/h6-9,13,17H,1-5H3. The summed E-state index contributed by atoms with van der Waals surface area (Å²) >= 11 is 1.84. The molecule has 1 aromatic carbocycles. The molecule has 0 bridgehead atoms. The first-order chi connectivity index (χ1) is 9.02. The lowest BCUT2D eigenvalue weighted by molar-refractivity contribution is 0.409. The number of ether oxygens (including phenoxy) is 1. The van der Waals surface area contributed by atoms with Crippen molar-refractivity contribution in [3.05, 3.63) is 45.1 Å². The van der Waals surface area contributed by atoms with Gasteiger partial charge in [-0.25, -0.2) is 0 Å². The lowest BCUT2D eigenvalue weighted by atomic mass is 10.1. The minimum atomic E-state index is 0.310. The third-order valence-electron chi connectivity index (χ3n) is 3.37. The summed E-state index contributed by atoms with van der Waals surface area (Å²) in [5, 5.41) is 3.57. The molecule has 0 fully saturated rings. The summed E-state index contributed by atoms with van der Waals surface area (Å²) in [6.45, 7) is 8.50. The first-order valence-electron chi connectivity index (χ1n) is 6.50. The number of methoxy groups -OCH3 is 1. The number of hydrogen-bond donors (Lipinski definition) is 1. The van der Waals surface area contributed by atoms with Crippen LogP contribution in [0, 0.1) is 20.8 Å². The number of thiophene rings is 1. The molecule has 2 nitrogen and oxygen atoms in total. The summed E-state index contributed by atoms with van der Waals surface area (Å²) in [4.78, 5) is 2.71. The van der Waals surface area contributed by atoms with Gasteiger partial charge in [-0.15, -0.1) is 11.3 Å². The average Bonchev–Trinajstić information content (AvgIpc) is 2.80. The number of nitrogens with one attached hydrogen (secondary N) is 1. The van der Waals surface area contributed by atoms with Crippen LogP contribution in [0.3, 0.4) is 0 Å². The fourth-order valence-electron chi connectivity index (χ4n) is 2.29. The highest BCUT2D eigenvalue weighted by molar-refractivity contribution is 7.12. The van der Waals surface area contributed by atoms with Crippen LogP contribution in [0.2, 0.25) is 0 Å². The van der Waals surface area contributed by atoms with Gasteiger partial charge < -0.3 is 10.1 Å². The molecule has 2 aromatic rings. The van der Waals surface area contributed by atoms with Crippen LogP contribution in [0.1, 0.15) is 33.8 Å². The van der Waals surface area contributed by atoms with Crippen LogP contribution in [0.15, 0.2) is 24.3 Å². The van der Waals surface area contributed by atoms with E-state index in [0.29, 0.717) is 6.04 Å². The van der Waals surface area contributed by atoms with Gasteiger partial charge in [0.05, 0.1) is 13.2 Å². The molecule has 0 saturated carbocycles. The fraction of sp³-hybridized carbons (Fsp3) is 0.375. The number of hydrogen-bond acceptors (Lipinski definition) is 3. The normalized spacial score (nSPS) is 12.3. The molecule has 3 heteroatoms. The van der Waals surface area contributed by atoms with Crippen molar-refractivity contribution >= 4 is 17.0 Å². The second-order valence-electron chi connectivity index (χ2n) is 4.90. The van der Waals surface area contributed by atoms with Gasteiger partial charge in [-0.3, -0.25) is 0 Å². The first kappa shape index (κ1) is 13.9. The van der Waals surface area contributed by atoms with E-state index in [0.717, 1.165) is 11.4 Å². The van der Waals surface area contributed by atoms with Gasteiger partial charge in [0.15, 0.2) is 0 Å². The molecule has 1 aromatic heterocycles. The molecule has 1 N–H and O–H groups in total. The Morgan fingerprint density at radius 2 is 1.84 bits per heavy atom. The maximum absolute atomic E-state index is 5.47. The number of aryl methyl sites for hydroxylation is 2. The molecule has 0 aliphatic rings. The van der Waals surface area contributed by atoms with E-state index in [1.54, 1.807) is 7.11 Å². The molecule has 1 unspecified atom stereocenters. The Hall–Kier alpha value is -1.48. The monoisotopic (exact) mass is 275 g/mol. The zero-order chi connectivity index (χ0) is 14.0. The Morgan fingerprint density at radius 1 is 1.11 bits per heavy atom. The molecule has 0 saturated heterocycles. The molecule has 0 spiro atoms. The van der Waals surface area contributed by atoms with Gasteiger partial charge in [0.25, 0.3) is 0 Å². The van der Waals surface area contributed by atoms with Crippen molar-refractivity contribution in [2.75, 3.05) is 12.4 Å². The van der Waals surface area contributed by atoms with Gasteiger partial charge in [0, 0.05) is 21.0 Å². The van der Waals surface area contributed by atoms with Crippen molar-refractivity contribution in [1.82, 2.24) is 0 Å². The van der Waals surface area contributed by atoms with Crippen molar-refractivity contribution in [2.24, 2.45) is 0 Å². The molecule has 102 valence electrons. The zero-order valence-electron chi connectivity index (χ0n) is 12.2. The molecule has 0 amide bonds. The maximum atomic E-state index is 5.47. The Bertz CT molecular complexity index is 574. The van der Waals surface area contributed by atoms with Crippen molar-refractivity contribution in [1.29, 1.82) is 0 Å². The van der Waals surface area contributed by atoms with Gasteiger partial charge in [-0.05, 0) is 51.5 Å². The molecule has 19 heavy (non-hydrogen) atoms. The smallest absolute Gasteiger partial charge is 0.126 e. The predicted molar refractivity (Wildman–Crippen MR) is 83.6 cm³/mol. The molecular weight excluding hydrogens is 254 g/mol. The summed E-state index contributed by atoms with van der Waals surface area (Å²) in [5.41, 5.74) is 3.48. The second-order valence-corrected chi connectivity index (χ2v) is 6.22. The van der Waals surface area contributed by atoms with E-state index in [4.69, 9.17) is 4.74 Å². The topological polar surface area (TPSA) is 21.3 Å². The zero-order valence-corrected chi connectivity index (χ0v) is 13.0. The number of anilines is 1. The highest BCUT2D eigenvalue weighted by Crippen LogP contribution is 2.32. The molecule has 0 aliphatic carbocycles. The molecule has 1 atom stereocenters. The van der Waals surface area contributed by atoms with Gasteiger partial charge in [0.1, 0.15) is 5.75 Å². The molecular formula is C16H21NOS. The van der Waals surface area contributed by atoms with E-state index in [1.807, 2.05) is 11.3 Å². The number of benzene rings is 1. The average molecular weight is 275 g/mol. The first-order valence-corrected chi connectivity index (χ1v) is 7.31. The Balaban J connectivity index is 2.24. The lowest BCUT2D eigenvalue weighted by Gasteiger charge is -2.18. The maximum Gasteiger partial charge on any atom is 0.126 e. The second kappa shape index (κ2) is 5.66. The van der Waals surface area contributed by atoms with Gasteiger partial charge >= 0.3 is 0 Å². The fourth-order valence-corrected chi connectivity index (χ4v) is 3.17. The van der Waals surface area contributed by atoms with Crippen LogP contribution in [-0.4, -0.2) is 7.11 Å². The van der Waals surface area contributed by atoms with Crippen molar-refractivity contribution in [3.63, 3.8) is 0 Å². The van der Waals surface area contributed by atoms with Crippen LogP contribution in [0.5, 0.6) is 5.75 Å². The van der Waals surface area contributed by atoms with Gasteiger partial charge in [0.2, 0.25) is 0 Å². The summed E-state index contributed by atoms with van der Waals surface area (Å²) in [5.74, 6) is 0.972. The predicted octanol–water partition coefficient (Wildman–Crippen LogP) is 4.86. The van der Waals surface area contributed by atoms with Crippen LogP contribution >= 0.6 is 11.3 Å². The van der Waals surface area contributed by atoms with Crippen LogP contribution < -0.4 is 10.1 Å². The third-order valence-corrected chi connectivity index (χ3v) is 4.55. The van der Waals surface area contributed by atoms with Gasteiger partial charge in [-0.2, -0.15) is 0 Å². The highest BCUT2D eigenvalue weighted by Gasteiger charge is 2.12.